The number of hydrogen-bond acceptors (Lipinski definition) is 18. The number of hydrogen-bond donors (Lipinski definition) is 6. The molecular formula is C47H46Cl2F2N14O6S. The fourth-order valence-corrected chi connectivity index (χ4v) is 7.42. The highest BCUT2D eigenvalue weighted by atomic mass is 35.5. The number of H-pyrrole nitrogens is 2. The van der Waals surface area contributed by atoms with E-state index < -0.39 is 33.4 Å². The Bertz CT molecular complexity index is 3210. The maximum Gasteiger partial charge on any atom is 0.339 e. The summed E-state index contributed by atoms with van der Waals surface area (Å²) in [6.07, 6.45) is 18.1. The lowest BCUT2D eigenvalue weighted by atomic mass is 10.1. The molecule has 7 N–H and O–H groups in total. The van der Waals surface area contributed by atoms with E-state index in [0.717, 1.165) is 30.1 Å². The van der Waals surface area contributed by atoms with Gasteiger partial charge in [-0.25, -0.2) is 51.7 Å². The van der Waals surface area contributed by atoms with E-state index in [1.807, 2.05) is 0 Å². The molecule has 0 atom stereocenters. The highest BCUT2D eigenvalue weighted by Gasteiger charge is 2.21. The van der Waals surface area contributed by atoms with Crippen molar-refractivity contribution in [2.75, 3.05) is 48.5 Å². The van der Waals surface area contributed by atoms with E-state index in [-0.39, 0.29) is 51.3 Å². The van der Waals surface area contributed by atoms with Crippen molar-refractivity contribution < 1.29 is 36.3 Å². The SMILES string of the molecule is CCOC(=O)c1cncc(-c2cnc(Nc3ccc(F)c(Cl)c3)nc2NCCc2cnc[nH]2)c1.CCOC(=O)c1cncc(-c2cnc(Nc3ccc(F)c(Cl)c3)nc2S(C)(=O)=O)c1.NCCc1cnc[nH]1. The van der Waals surface area contributed by atoms with Gasteiger partial charge in [0, 0.05) is 120 Å². The Kier molecular flexibility index (Phi) is 19.1. The number of carbonyl (C=O) groups excluding carboxylic acids is 2. The normalized spacial score (nSPS) is 10.8. The zero-order chi connectivity index (χ0) is 51.6. The van der Waals surface area contributed by atoms with Crippen molar-refractivity contribution in [3.05, 3.63) is 155 Å². The lowest BCUT2D eigenvalue weighted by Gasteiger charge is -2.14. The van der Waals surface area contributed by atoms with E-state index in [9.17, 15) is 26.8 Å². The number of sulfone groups is 1. The number of benzene rings is 2. The van der Waals surface area contributed by atoms with Gasteiger partial charge in [0.25, 0.3) is 0 Å². The highest BCUT2D eigenvalue weighted by Crippen LogP contribution is 2.30. The molecule has 0 aliphatic heterocycles. The van der Waals surface area contributed by atoms with Crippen molar-refractivity contribution in [1.29, 1.82) is 0 Å². The average Bonchev–Trinajstić information content (AvgIpc) is 4.10. The molecule has 72 heavy (non-hydrogen) atoms. The molecule has 0 radical (unpaired) electrons. The number of anilines is 5. The molecular weight excluding hydrogens is 998 g/mol. The molecule has 25 heteroatoms. The molecule has 8 aromatic rings. The largest absolute Gasteiger partial charge is 0.462 e. The molecule has 20 nitrogen and oxygen atoms in total. The fraction of sp³-hybridized carbons (Fsp3) is 0.191. The third-order valence-corrected chi connectivity index (χ3v) is 11.2. The van der Waals surface area contributed by atoms with Gasteiger partial charge in [0.05, 0.1) is 47.0 Å². The Hall–Kier alpha value is -7.99. The highest BCUT2D eigenvalue weighted by molar-refractivity contribution is 7.90. The van der Waals surface area contributed by atoms with Crippen LogP contribution in [0.5, 0.6) is 0 Å². The monoisotopic (exact) mass is 1040 g/mol. The van der Waals surface area contributed by atoms with Crippen LogP contribution < -0.4 is 21.7 Å². The summed E-state index contributed by atoms with van der Waals surface area (Å²) < 4.78 is 61.5. The molecule has 0 saturated heterocycles. The summed E-state index contributed by atoms with van der Waals surface area (Å²) in [7, 11) is -3.78. The third kappa shape index (κ3) is 15.3. The van der Waals surface area contributed by atoms with Crippen LogP contribution in [0.25, 0.3) is 22.3 Å². The Morgan fingerprint density at radius 3 is 1.64 bits per heavy atom. The van der Waals surface area contributed by atoms with Gasteiger partial charge in [-0.05, 0) is 68.9 Å². The standard InChI is InChI=1S/C23H21ClFN7O2.C19H16ClFN4O4S.C5H9N3/c1-2-34-22(33)15-7-14(9-26-10-15)18-12-29-23(31-16-3-4-20(25)19(24)8-16)32-21(18)28-6-5-17-11-27-13-30-17;1-3-29-18(26)12-6-11(8-22-9-12)14-10-23-19(25-17(14)30(2,27)28)24-13-4-5-16(21)15(20)7-13;6-2-1-5-3-7-4-8-5/h3-4,7-13H,2,5-6H2,1H3,(H,27,30)(H2,28,29,31,32);4-10H,3H2,1-2H3,(H,23,24,25);3-4H,1-2,6H2,(H,7,8). The van der Waals surface area contributed by atoms with Crippen molar-refractivity contribution in [3.63, 3.8) is 0 Å². The number of nitrogens with zero attached hydrogens (tertiary/aromatic N) is 8. The van der Waals surface area contributed by atoms with E-state index in [1.165, 1.54) is 61.2 Å². The van der Waals surface area contributed by atoms with Crippen LogP contribution >= 0.6 is 23.2 Å². The Morgan fingerprint density at radius 2 is 1.17 bits per heavy atom. The summed E-state index contributed by atoms with van der Waals surface area (Å²) in [6.45, 7) is 5.10. The van der Waals surface area contributed by atoms with Crippen LogP contribution in [0.4, 0.5) is 37.9 Å². The number of rotatable bonds is 17. The minimum atomic E-state index is -3.78. The molecule has 8 rings (SSSR count). The molecule has 6 heterocycles. The zero-order valence-electron chi connectivity index (χ0n) is 38.7. The van der Waals surface area contributed by atoms with Crippen molar-refractivity contribution in [2.24, 2.45) is 5.73 Å². The zero-order valence-corrected chi connectivity index (χ0v) is 41.0. The van der Waals surface area contributed by atoms with Crippen molar-refractivity contribution in [2.45, 2.75) is 31.7 Å². The van der Waals surface area contributed by atoms with Crippen molar-refractivity contribution >= 4 is 74.1 Å². The summed E-state index contributed by atoms with van der Waals surface area (Å²) in [5.41, 5.74) is 10.5. The van der Waals surface area contributed by atoms with Crippen LogP contribution in [0.3, 0.4) is 0 Å². The minimum Gasteiger partial charge on any atom is -0.462 e. The summed E-state index contributed by atoms with van der Waals surface area (Å²) in [4.78, 5) is 63.3. The number of esters is 2. The quantitative estimate of drug-likeness (QED) is 0.0370. The molecule has 6 aromatic heterocycles. The van der Waals surface area contributed by atoms with Crippen LogP contribution in [0, 0.1) is 11.6 Å². The molecule has 0 aliphatic carbocycles. The third-order valence-electron chi connectivity index (χ3n) is 9.58. The lowest BCUT2D eigenvalue weighted by molar-refractivity contribution is 0.0516. The first kappa shape index (κ1) is 53.4. The van der Waals surface area contributed by atoms with Gasteiger partial charge in [0.15, 0.2) is 14.9 Å². The predicted molar refractivity (Wildman–Crippen MR) is 267 cm³/mol. The second kappa shape index (κ2) is 25.7. The van der Waals surface area contributed by atoms with Crippen LogP contribution in [0.1, 0.15) is 46.0 Å². The first-order chi connectivity index (χ1) is 34.6. The molecule has 0 bridgehead atoms. The average molecular weight is 1040 g/mol. The Morgan fingerprint density at radius 1 is 0.667 bits per heavy atom. The van der Waals surface area contributed by atoms with Gasteiger partial charge < -0.3 is 41.1 Å². The summed E-state index contributed by atoms with van der Waals surface area (Å²) in [6, 6.07) is 11.3. The lowest BCUT2D eigenvalue weighted by Crippen LogP contribution is -2.10. The molecule has 2 aromatic carbocycles. The smallest absolute Gasteiger partial charge is 0.339 e. The van der Waals surface area contributed by atoms with Gasteiger partial charge in [-0.3, -0.25) is 9.97 Å². The van der Waals surface area contributed by atoms with E-state index in [0.29, 0.717) is 59.0 Å². The Labute approximate surface area is 421 Å². The first-order valence-corrected chi connectivity index (χ1v) is 24.3. The van der Waals surface area contributed by atoms with Gasteiger partial charge in [-0.2, -0.15) is 4.98 Å². The Balaban J connectivity index is 0.000000205. The van der Waals surface area contributed by atoms with Crippen molar-refractivity contribution in [3.8, 4) is 22.3 Å². The molecule has 0 fully saturated rings. The number of imidazole rings is 2. The van der Waals surface area contributed by atoms with E-state index in [2.05, 4.69) is 65.8 Å². The molecule has 0 aliphatic rings. The second-order valence-corrected chi connectivity index (χ2v) is 17.6. The van der Waals surface area contributed by atoms with Gasteiger partial charge in [-0.15, -0.1) is 0 Å². The number of halogens is 4. The van der Waals surface area contributed by atoms with Gasteiger partial charge >= 0.3 is 11.9 Å². The van der Waals surface area contributed by atoms with Crippen LogP contribution in [0.15, 0.2) is 116 Å². The summed E-state index contributed by atoms with van der Waals surface area (Å²) in [5, 5.41) is 8.72. The number of nitrogens with two attached hydrogens (primary N) is 1. The molecule has 0 saturated carbocycles. The van der Waals surface area contributed by atoms with Gasteiger partial charge in [0.2, 0.25) is 11.9 Å². The first-order valence-electron chi connectivity index (χ1n) is 21.7. The number of carbonyl (C=O) groups is 2. The maximum absolute atomic E-state index is 13.5. The molecule has 0 spiro atoms. The van der Waals surface area contributed by atoms with Crippen LogP contribution in [0.2, 0.25) is 10.0 Å². The second-order valence-electron chi connectivity index (χ2n) is 14.9. The number of aromatic nitrogens is 10. The number of ether oxygens (including phenoxy) is 2. The number of pyridine rings is 2. The summed E-state index contributed by atoms with van der Waals surface area (Å²) in [5.74, 6) is -1.38. The topological polar surface area (TPSA) is 284 Å². The van der Waals surface area contributed by atoms with E-state index in [4.69, 9.17) is 38.4 Å². The van der Waals surface area contributed by atoms with Crippen molar-refractivity contribution in [1.82, 2.24) is 49.8 Å². The fourth-order valence-electron chi connectivity index (χ4n) is 6.24. The molecule has 0 unspecified atom stereocenters. The summed E-state index contributed by atoms with van der Waals surface area (Å²) >= 11 is 11.6. The van der Waals surface area contributed by atoms with Gasteiger partial charge in [-0.1, -0.05) is 23.2 Å². The molecule has 0 amide bonds. The minimum absolute atomic E-state index is 0.0126. The van der Waals surface area contributed by atoms with Crippen LogP contribution in [-0.2, 0) is 32.2 Å². The van der Waals surface area contributed by atoms with Crippen LogP contribution in [-0.4, -0.2) is 103 Å². The predicted octanol–water partition coefficient (Wildman–Crippen LogP) is 8.19. The number of aromatic amines is 2. The molecule has 374 valence electrons. The number of nitrogens with one attached hydrogen (secondary N) is 5. The maximum atomic E-state index is 13.5. The van der Waals surface area contributed by atoms with E-state index >= 15 is 0 Å². The van der Waals surface area contributed by atoms with Gasteiger partial charge in [0.1, 0.15) is 17.5 Å². The van der Waals surface area contributed by atoms with E-state index in [1.54, 1.807) is 57.4 Å².